The van der Waals surface area contributed by atoms with Crippen LogP contribution in [-0.2, 0) is 5.41 Å². The number of aromatic nitrogens is 3. The van der Waals surface area contributed by atoms with E-state index in [2.05, 4.69) is 57.2 Å². The zero-order valence-corrected chi connectivity index (χ0v) is 17.3. The predicted molar refractivity (Wildman–Crippen MR) is 110 cm³/mol. The van der Waals surface area contributed by atoms with Crippen molar-refractivity contribution in [2.45, 2.75) is 60.8 Å². The molecule has 4 aromatic rings. The molecule has 0 aliphatic heterocycles. The Morgan fingerprint density at radius 2 is 1.72 bits per heavy atom. The van der Waals surface area contributed by atoms with Crippen LogP contribution in [0.1, 0.15) is 56.3 Å². The topological polar surface area (TPSA) is 30.2 Å². The Bertz CT molecular complexity index is 1080. The summed E-state index contributed by atoms with van der Waals surface area (Å²) in [5.74, 6) is 0. The third-order valence-corrected chi connectivity index (χ3v) is 5.90. The molecule has 0 spiro atoms. The lowest BCUT2D eigenvalue weighted by atomic mass is 9.89. The van der Waals surface area contributed by atoms with Gasteiger partial charge in [0.05, 0.1) is 22.9 Å². The van der Waals surface area contributed by atoms with Crippen molar-refractivity contribution in [1.29, 1.82) is 0 Å². The summed E-state index contributed by atoms with van der Waals surface area (Å²) in [4.78, 5) is 6.17. The third-order valence-electron chi connectivity index (χ3n) is 4.68. The number of aryl methyl sites for hydroxylation is 3. The highest BCUT2D eigenvalue weighted by Gasteiger charge is 2.24. The van der Waals surface area contributed by atoms with Crippen LogP contribution in [0.15, 0.2) is 18.5 Å². The molecular formula is C21H27N3S. The summed E-state index contributed by atoms with van der Waals surface area (Å²) in [5.41, 5.74) is 6.01. The van der Waals surface area contributed by atoms with E-state index >= 15 is 0 Å². The smallest absolute Gasteiger partial charge is 0.0963 e. The van der Waals surface area contributed by atoms with Gasteiger partial charge in [-0.15, -0.1) is 11.3 Å². The molecular weight excluding hydrogens is 326 g/mol. The summed E-state index contributed by atoms with van der Waals surface area (Å²) < 4.78 is 3.46. The van der Waals surface area contributed by atoms with E-state index in [0.29, 0.717) is 0 Å². The van der Waals surface area contributed by atoms with Gasteiger partial charge in [-0.25, -0.2) is 4.52 Å². The highest BCUT2D eigenvalue weighted by Crippen LogP contribution is 2.41. The van der Waals surface area contributed by atoms with Crippen LogP contribution in [0.3, 0.4) is 0 Å². The molecule has 132 valence electrons. The number of pyridine rings is 2. The van der Waals surface area contributed by atoms with Gasteiger partial charge in [-0.3, -0.25) is 4.98 Å². The molecule has 0 atom stereocenters. The van der Waals surface area contributed by atoms with E-state index in [9.17, 15) is 0 Å². The van der Waals surface area contributed by atoms with Gasteiger partial charge in [-0.1, -0.05) is 34.6 Å². The molecule has 0 N–H and O–H groups in total. The third kappa shape index (κ3) is 2.54. The Kier molecular flexibility index (Phi) is 4.36. The molecule has 4 heteroatoms. The van der Waals surface area contributed by atoms with Crippen LogP contribution < -0.4 is 0 Å². The van der Waals surface area contributed by atoms with Gasteiger partial charge >= 0.3 is 0 Å². The highest BCUT2D eigenvalue weighted by molar-refractivity contribution is 7.20. The van der Waals surface area contributed by atoms with Crippen molar-refractivity contribution in [3.05, 3.63) is 40.2 Å². The highest BCUT2D eigenvalue weighted by atomic mass is 32.1. The SMILES string of the molecule is CC.Cc1sc2c(c1C)c1ccnn1c1c(C(C)(C)C)ncc(C)c21. The van der Waals surface area contributed by atoms with E-state index in [-0.39, 0.29) is 5.41 Å². The summed E-state index contributed by atoms with van der Waals surface area (Å²) >= 11 is 1.89. The van der Waals surface area contributed by atoms with Gasteiger partial charge in [0.2, 0.25) is 0 Å². The summed E-state index contributed by atoms with van der Waals surface area (Å²) in [7, 11) is 0. The van der Waals surface area contributed by atoms with Gasteiger partial charge in [-0.05, 0) is 38.0 Å². The number of hydrogen-bond donors (Lipinski definition) is 0. The molecule has 4 aromatic heterocycles. The monoisotopic (exact) mass is 353 g/mol. The lowest BCUT2D eigenvalue weighted by molar-refractivity contribution is 0.572. The maximum Gasteiger partial charge on any atom is 0.0963 e. The summed E-state index contributed by atoms with van der Waals surface area (Å²) in [6.45, 7) is 17.2. The van der Waals surface area contributed by atoms with E-state index in [4.69, 9.17) is 4.98 Å². The molecule has 4 rings (SSSR count). The molecule has 0 bridgehead atoms. The average molecular weight is 354 g/mol. The van der Waals surface area contributed by atoms with Crippen molar-refractivity contribution in [2.24, 2.45) is 0 Å². The standard InChI is InChI=1S/C19H21N3S.C2H6/c1-10-9-20-18(19(4,5)6)16-14(10)17-15(11(2)12(3)23-17)13-7-8-21-22(13)16;1-2/h7-9H,1-6H3;1-2H3. The van der Waals surface area contributed by atoms with Crippen molar-refractivity contribution in [2.75, 3.05) is 0 Å². The summed E-state index contributed by atoms with van der Waals surface area (Å²) in [6.07, 6.45) is 3.91. The van der Waals surface area contributed by atoms with Crippen LogP contribution in [0.4, 0.5) is 0 Å². The minimum absolute atomic E-state index is 0.0279. The Labute approximate surface area is 153 Å². The van der Waals surface area contributed by atoms with Crippen molar-refractivity contribution < 1.29 is 0 Å². The Morgan fingerprint density at radius 3 is 2.36 bits per heavy atom. The Balaban J connectivity index is 0.000000880. The molecule has 0 unspecified atom stereocenters. The minimum Gasteiger partial charge on any atom is -0.258 e. The largest absolute Gasteiger partial charge is 0.258 e. The normalized spacial score (nSPS) is 12.0. The summed E-state index contributed by atoms with van der Waals surface area (Å²) in [6, 6.07) is 2.12. The molecule has 0 saturated heterocycles. The number of thiophene rings is 1. The van der Waals surface area contributed by atoms with Gasteiger partial charge in [-0.2, -0.15) is 5.10 Å². The van der Waals surface area contributed by atoms with Crippen LogP contribution in [0.25, 0.3) is 26.5 Å². The molecule has 3 nitrogen and oxygen atoms in total. The fourth-order valence-electron chi connectivity index (χ4n) is 3.42. The van der Waals surface area contributed by atoms with E-state index < -0.39 is 0 Å². The number of fused-ring (bicyclic) bond motifs is 6. The summed E-state index contributed by atoms with van der Waals surface area (Å²) in [5, 5.41) is 7.29. The maximum absolute atomic E-state index is 4.79. The zero-order chi connectivity index (χ0) is 18.5. The second-order valence-corrected chi connectivity index (χ2v) is 8.60. The molecule has 4 heterocycles. The fraction of sp³-hybridized carbons (Fsp3) is 0.429. The Hall–Kier alpha value is -1.94. The van der Waals surface area contributed by atoms with Crippen LogP contribution in [0.2, 0.25) is 0 Å². The average Bonchev–Trinajstić information content (AvgIpc) is 3.14. The van der Waals surface area contributed by atoms with Gasteiger partial charge < -0.3 is 0 Å². The minimum atomic E-state index is -0.0279. The lowest BCUT2D eigenvalue weighted by Crippen LogP contribution is -2.16. The number of hydrogen-bond acceptors (Lipinski definition) is 3. The molecule has 0 radical (unpaired) electrons. The fourth-order valence-corrected chi connectivity index (χ4v) is 4.70. The molecule has 0 aromatic carbocycles. The first-order valence-corrected chi connectivity index (χ1v) is 9.77. The van der Waals surface area contributed by atoms with Gasteiger partial charge in [0, 0.05) is 32.0 Å². The first-order chi connectivity index (χ1) is 11.8. The van der Waals surface area contributed by atoms with E-state index in [0.717, 1.165) is 11.2 Å². The molecule has 25 heavy (non-hydrogen) atoms. The van der Waals surface area contributed by atoms with Crippen LogP contribution in [0.5, 0.6) is 0 Å². The van der Waals surface area contributed by atoms with Crippen LogP contribution >= 0.6 is 11.3 Å². The van der Waals surface area contributed by atoms with Crippen molar-refractivity contribution >= 4 is 37.8 Å². The predicted octanol–water partition coefficient (Wildman–Crippen LogP) is 6.35. The number of nitrogens with zero attached hydrogens (tertiary/aromatic N) is 3. The van der Waals surface area contributed by atoms with E-state index in [1.807, 2.05) is 37.6 Å². The molecule has 0 fully saturated rings. The van der Waals surface area contributed by atoms with Crippen molar-refractivity contribution in [3.63, 3.8) is 0 Å². The second kappa shape index (κ2) is 6.10. The zero-order valence-electron chi connectivity index (χ0n) is 16.5. The molecule has 0 aliphatic rings. The van der Waals surface area contributed by atoms with Crippen molar-refractivity contribution in [3.8, 4) is 0 Å². The van der Waals surface area contributed by atoms with Crippen LogP contribution in [-0.4, -0.2) is 14.6 Å². The van der Waals surface area contributed by atoms with Crippen molar-refractivity contribution in [1.82, 2.24) is 14.6 Å². The first-order valence-electron chi connectivity index (χ1n) is 8.96. The van der Waals surface area contributed by atoms with Gasteiger partial charge in [0.15, 0.2) is 0 Å². The second-order valence-electron chi connectivity index (χ2n) is 7.38. The maximum atomic E-state index is 4.79. The quantitative estimate of drug-likeness (QED) is 0.369. The molecule has 0 aliphatic carbocycles. The Morgan fingerprint density at radius 1 is 1.04 bits per heavy atom. The number of rotatable bonds is 0. The van der Waals surface area contributed by atoms with Gasteiger partial charge in [0.25, 0.3) is 0 Å². The molecule has 0 amide bonds. The van der Waals surface area contributed by atoms with Gasteiger partial charge in [0.1, 0.15) is 0 Å². The van der Waals surface area contributed by atoms with E-state index in [1.165, 1.54) is 37.0 Å². The molecule has 0 saturated carbocycles. The van der Waals surface area contributed by atoms with E-state index in [1.54, 1.807) is 0 Å². The van der Waals surface area contributed by atoms with Crippen LogP contribution in [0, 0.1) is 20.8 Å². The lowest BCUT2D eigenvalue weighted by Gasteiger charge is -2.21. The first kappa shape index (κ1) is 17.9.